The van der Waals surface area contributed by atoms with Crippen molar-refractivity contribution in [2.45, 2.75) is 6.54 Å². The van der Waals surface area contributed by atoms with E-state index in [1.807, 2.05) is 30.3 Å². The highest BCUT2D eigenvalue weighted by Gasteiger charge is 2.05. The first-order valence-electron chi connectivity index (χ1n) is 6.41. The van der Waals surface area contributed by atoms with Gasteiger partial charge in [0.05, 0.1) is 28.8 Å². The number of para-hydroxylation sites is 2. The molecule has 3 rings (SSSR count). The topological polar surface area (TPSA) is 63.0 Å². The molecule has 0 atom stereocenters. The molecule has 2 aromatic carbocycles. The van der Waals surface area contributed by atoms with Crippen molar-refractivity contribution < 1.29 is 5.11 Å². The predicted molar refractivity (Wildman–Crippen MR) is 81.8 cm³/mol. The summed E-state index contributed by atoms with van der Waals surface area (Å²) in [5, 5.41) is 20.9. The summed E-state index contributed by atoms with van der Waals surface area (Å²) in [5.74, 6) is 0.0865. The second-order valence-electron chi connectivity index (χ2n) is 4.50. The van der Waals surface area contributed by atoms with Crippen LogP contribution in [0.2, 0.25) is 5.02 Å². The predicted octanol–water partition coefficient (Wildman–Crippen LogP) is 3.24. The summed E-state index contributed by atoms with van der Waals surface area (Å²) < 4.78 is 1.70. The summed E-state index contributed by atoms with van der Waals surface area (Å²) >= 11 is 5.91. The highest BCUT2D eigenvalue weighted by Crippen LogP contribution is 2.25. The molecular weight excluding hydrogens is 288 g/mol. The van der Waals surface area contributed by atoms with Gasteiger partial charge in [-0.05, 0) is 29.8 Å². The standard InChI is InChI=1S/C15H13ClN4O/c16-12-9-11(5-6-15(12)21)10-17-13-3-1-2-4-14(13)20-8-7-18-19-20/h1-9,17,21H,10H2. The average Bonchev–Trinajstić information content (AvgIpc) is 3.03. The van der Waals surface area contributed by atoms with Gasteiger partial charge >= 0.3 is 0 Å². The number of hydrogen-bond donors (Lipinski definition) is 2. The molecule has 5 nitrogen and oxygen atoms in total. The lowest BCUT2D eigenvalue weighted by atomic mass is 10.2. The first kappa shape index (κ1) is 13.5. The molecule has 0 radical (unpaired) electrons. The number of phenolic OH excluding ortho intramolecular Hbond substituents is 1. The molecule has 0 saturated heterocycles. The number of anilines is 1. The lowest BCUT2D eigenvalue weighted by Gasteiger charge is -2.12. The van der Waals surface area contributed by atoms with E-state index in [0.29, 0.717) is 11.6 Å². The van der Waals surface area contributed by atoms with Crippen LogP contribution in [0.4, 0.5) is 5.69 Å². The Bertz CT molecular complexity index is 743. The SMILES string of the molecule is Oc1ccc(CNc2ccccc2-n2ccnn2)cc1Cl. The average molecular weight is 301 g/mol. The molecule has 0 aliphatic heterocycles. The number of halogens is 1. The number of benzene rings is 2. The summed E-state index contributed by atoms with van der Waals surface area (Å²) in [5.41, 5.74) is 2.83. The van der Waals surface area contributed by atoms with Gasteiger partial charge < -0.3 is 10.4 Å². The maximum absolute atomic E-state index is 9.43. The van der Waals surface area contributed by atoms with Gasteiger partial charge in [0.2, 0.25) is 0 Å². The van der Waals surface area contributed by atoms with Crippen molar-refractivity contribution in [3.05, 3.63) is 65.4 Å². The molecular formula is C15H13ClN4O. The Kier molecular flexibility index (Phi) is 3.75. The van der Waals surface area contributed by atoms with Crippen molar-refractivity contribution in [2.75, 3.05) is 5.32 Å². The van der Waals surface area contributed by atoms with Crippen LogP contribution in [0.5, 0.6) is 5.75 Å². The minimum absolute atomic E-state index is 0.0865. The summed E-state index contributed by atoms with van der Waals surface area (Å²) in [6.07, 6.45) is 3.43. The maximum Gasteiger partial charge on any atom is 0.134 e. The van der Waals surface area contributed by atoms with Crippen molar-refractivity contribution in [2.24, 2.45) is 0 Å². The van der Waals surface area contributed by atoms with Crippen LogP contribution in [0.15, 0.2) is 54.9 Å². The van der Waals surface area contributed by atoms with E-state index < -0.39 is 0 Å². The zero-order chi connectivity index (χ0) is 14.7. The van der Waals surface area contributed by atoms with E-state index in [9.17, 15) is 5.11 Å². The smallest absolute Gasteiger partial charge is 0.134 e. The minimum Gasteiger partial charge on any atom is -0.506 e. The van der Waals surface area contributed by atoms with Crippen LogP contribution in [-0.4, -0.2) is 20.1 Å². The molecule has 0 aliphatic rings. The number of nitrogens with zero attached hydrogens (tertiary/aromatic N) is 3. The molecule has 1 heterocycles. The first-order chi connectivity index (χ1) is 10.2. The summed E-state index contributed by atoms with van der Waals surface area (Å²) in [7, 11) is 0. The highest BCUT2D eigenvalue weighted by atomic mass is 35.5. The molecule has 0 bridgehead atoms. The van der Waals surface area contributed by atoms with E-state index in [4.69, 9.17) is 11.6 Å². The van der Waals surface area contributed by atoms with E-state index in [1.54, 1.807) is 29.2 Å². The second kappa shape index (κ2) is 5.85. The first-order valence-corrected chi connectivity index (χ1v) is 6.79. The fourth-order valence-electron chi connectivity index (χ4n) is 2.02. The Morgan fingerprint density at radius 3 is 2.81 bits per heavy atom. The van der Waals surface area contributed by atoms with Crippen molar-refractivity contribution >= 4 is 17.3 Å². The van der Waals surface area contributed by atoms with Crippen LogP contribution in [0.25, 0.3) is 5.69 Å². The molecule has 3 aromatic rings. The van der Waals surface area contributed by atoms with E-state index in [0.717, 1.165) is 16.9 Å². The maximum atomic E-state index is 9.43. The quantitative estimate of drug-likeness (QED) is 0.776. The van der Waals surface area contributed by atoms with Gasteiger partial charge in [-0.2, -0.15) is 0 Å². The van der Waals surface area contributed by atoms with Gasteiger partial charge in [-0.3, -0.25) is 0 Å². The van der Waals surface area contributed by atoms with E-state index in [-0.39, 0.29) is 5.75 Å². The third-order valence-electron chi connectivity index (χ3n) is 3.07. The van der Waals surface area contributed by atoms with E-state index >= 15 is 0 Å². The van der Waals surface area contributed by atoms with Gasteiger partial charge in [-0.1, -0.05) is 35.0 Å². The Balaban J connectivity index is 1.81. The van der Waals surface area contributed by atoms with Gasteiger partial charge in [0, 0.05) is 6.54 Å². The number of aromatic nitrogens is 3. The summed E-state index contributed by atoms with van der Waals surface area (Å²) in [6, 6.07) is 13.0. The zero-order valence-corrected chi connectivity index (χ0v) is 11.8. The molecule has 0 spiro atoms. The van der Waals surface area contributed by atoms with Gasteiger partial charge in [0.1, 0.15) is 5.75 Å². The number of phenols is 1. The lowest BCUT2D eigenvalue weighted by Crippen LogP contribution is -2.05. The number of nitrogens with one attached hydrogen (secondary N) is 1. The van der Waals surface area contributed by atoms with Crippen molar-refractivity contribution in [1.29, 1.82) is 0 Å². The van der Waals surface area contributed by atoms with Crippen LogP contribution < -0.4 is 5.32 Å². The number of rotatable bonds is 4. The molecule has 0 amide bonds. The Morgan fingerprint density at radius 2 is 2.05 bits per heavy atom. The Morgan fingerprint density at radius 1 is 1.19 bits per heavy atom. The van der Waals surface area contributed by atoms with E-state index in [2.05, 4.69) is 15.6 Å². The molecule has 2 N–H and O–H groups in total. The van der Waals surface area contributed by atoms with Crippen LogP contribution in [0.1, 0.15) is 5.56 Å². The normalized spacial score (nSPS) is 10.5. The monoisotopic (exact) mass is 300 g/mol. The molecule has 106 valence electrons. The zero-order valence-electron chi connectivity index (χ0n) is 11.1. The number of hydrogen-bond acceptors (Lipinski definition) is 4. The summed E-state index contributed by atoms with van der Waals surface area (Å²) in [4.78, 5) is 0. The van der Waals surface area contributed by atoms with Crippen LogP contribution in [0.3, 0.4) is 0 Å². The number of aromatic hydroxyl groups is 1. The molecule has 0 aliphatic carbocycles. The molecule has 0 fully saturated rings. The molecule has 21 heavy (non-hydrogen) atoms. The van der Waals surface area contributed by atoms with Crippen LogP contribution in [-0.2, 0) is 6.54 Å². The highest BCUT2D eigenvalue weighted by molar-refractivity contribution is 6.32. The largest absolute Gasteiger partial charge is 0.506 e. The molecule has 0 saturated carbocycles. The van der Waals surface area contributed by atoms with Crippen molar-refractivity contribution in [1.82, 2.24) is 15.0 Å². The Hall–Kier alpha value is -2.53. The lowest BCUT2D eigenvalue weighted by molar-refractivity contribution is 0.475. The van der Waals surface area contributed by atoms with Gasteiger partial charge in [-0.15, -0.1) is 5.10 Å². The van der Waals surface area contributed by atoms with Crippen molar-refractivity contribution in [3.63, 3.8) is 0 Å². The molecule has 1 aromatic heterocycles. The minimum atomic E-state index is 0.0865. The fourth-order valence-corrected chi connectivity index (χ4v) is 2.22. The third-order valence-corrected chi connectivity index (χ3v) is 3.37. The van der Waals surface area contributed by atoms with Gasteiger partial charge in [0.15, 0.2) is 0 Å². The summed E-state index contributed by atoms with van der Waals surface area (Å²) in [6.45, 7) is 0.589. The Labute approximate surface area is 126 Å². The van der Waals surface area contributed by atoms with Crippen LogP contribution in [0, 0.1) is 0 Å². The van der Waals surface area contributed by atoms with Crippen LogP contribution >= 0.6 is 11.6 Å². The fraction of sp³-hybridized carbons (Fsp3) is 0.0667. The molecule has 0 unspecified atom stereocenters. The van der Waals surface area contributed by atoms with Crippen molar-refractivity contribution in [3.8, 4) is 11.4 Å². The van der Waals surface area contributed by atoms with Gasteiger partial charge in [0.25, 0.3) is 0 Å². The van der Waals surface area contributed by atoms with E-state index in [1.165, 1.54) is 0 Å². The van der Waals surface area contributed by atoms with Gasteiger partial charge in [-0.25, -0.2) is 4.68 Å². The third kappa shape index (κ3) is 2.98. The second-order valence-corrected chi connectivity index (χ2v) is 4.91. The molecule has 6 heteroatoms.